The summed E-state index contributed by atoms with van der Waals surface area (Å²) in [5.41, 5.74) is 5.67. The summed E-state index contributed by atoms with van der Waals surface area (Å²) < 4.78 is 13.5. The van der Waals surface area contributed by atoms with Gasteiger partial charge < -0.3 is 11.1 Å². The van der Waals surface area contributed by atoms with Gasteiger partial charge in [-0.2, -0.15) is 0 Å². The first-order valence-electron chi connectivity index (χ1n) is 5.37. The number of hydrogen-bond acceptors (Lipinski definition) is 2. The molecule has 1 rings (SSSR count). The van der Waals surface area contributed by atoms with Gasteiger partial charge in [-0.1, -0.05) is 6.92 Å². The van der Waals surface area contributed by atoms with Crippen LogP contribution in [0, 0.1) is 18.2 Å². The third kappa shape index (κ3) is 3.49. The highest BCUT2D eigenvalue weighted by atomic mass is 19.1. The first-order chi connectivity index (χ1) is 8.08. The molecule has 4 heteroatoms. The summed E-state index contributed by atoms with van der Waals surface area (Å²) in [6, 6.07) is 3.84. The van der Waals surface area contributed by atoms with E-state index in [9.17, 15) is 9.18 Å². The fourth-order valence-electron chi connectivity index (χ4n) is 1.42. The van der Waals surface area contributed by atoms with E-state index in [0.717, 1.165) is 6.07 Å². The Labute approximate surface area is 100 Å². The van der Waals surface area contributed by atoms with Crippen LogP contribution in [0.3, 0.4) is 0 Å². The lowest BCUT2D eigenvalue weighted by Gasteiger charge is -2.14. The van der Waals surface area contributed by atoms with E-state index in [-0.39, 0.29) is 17.3 Å². The van der Waals surface area contributed by atoms with Gasteiger partial charge in [0.15, 0.2) is 0 Å². The average molecular weight is 234 g/mol. The molecule has 0 saturated heterocycles. The lowest BCUT2D eigenvalue weighted by Crippen LogP contribution is -2.34. The maximum atomic E-state index is 13.5. The lowest BCUT2D eigenvalue weighted by atomic mass is 10.1. The van der Waals surface area contributed by atoms with Gasteiger partial charge >= 0.3 is 0 Å². The number of nitrogens with one attached hydrogen (secondary N) is 1. The third-order valence-corrected chi connectivity index (χ3v) is 2.43. The Morgan fingerprint density at radius 2 is 2.35 bits per heavy atom. The Morgan fingerprint density at radius 1 is 1.65 bits per heavy atom. The first-order valence-corrected chi connectivity index (χ1v) is 5.37. The molecule has 0 aliphatic carbocycles. The minimum Gasteiger partial charge on any atom is -0.399 e. The van der Waals surface area contributed by atoms with E-state index >= 15 is 0 Å². The summed E-state index contributed by atoms with van der Waals surface area (Å²) in [6.45, 7) is 1.90. The molecule has 1 atom stereocenters. The number of carbonyl (C=O) groups excluding carboxylic acids is 1. The monoisotopic (exact) mass is 234 g/mol. The second-order valence-electron chi connectivity index (χ2n) is 3.73. The number of anilines is 1. The molecule has 0 aliphatic heterocycles. The standard InChI is InChI=1S/C13H15FN2O/c1-3-5-10(4-2)16-13(17)11-7-6-9(15)8-12(11)14/h1,6-8,10H,4-5,15H2,2H3,(H,16,17). The summed E-state index contributed by atoms with van der Waals surface area (Å²) >= 11 is 0. The van der Waals surface area contributed by atoms with Gasteiger partial charge in [0.2, 0.25) is 0 Å². The number of rotatable bonds is 4. The number of amides is 1. The van der Waals surface area contributed by atoms with Gasteiger partial charge in [0, 0.05) is 18.2 Å². The second-order valence-corrected chi connectivity index (χ2v) is 3.73. The van der Waals surface area contributed by atoms with Crippen LogP contribution in [0.1, 0.15) is 30.1 Å². The minimum absolute atomic E-state index is 0.0188. The van der Waals surface area contributed by atoms with Gasteiger partial charge in [0.05, 0.1) is 5.56 Å². The van der Waals surface area contributed by atoms with E-state index < -0.39 is 11.7 Å². The quantitative estimate of drug-likeness (QED) is 0.618. The topological polar surface area (TPSA) is 55.1 Å². The Hall–Kier alpha value is -2.02. The van der Waals surface area contributed by atoms with Gasteiger partial charge in [-0.25, -0.2) is 4.39 Å². The van der Waals surface area contributed by atoms with Crippen LogP contribution < -0.4 is 11.1 Å². The zero-order chi connectivity index (χ0) is 12.8. The molecule has 1 unspecified atom stereocenters. The van der Waals surface area contributed by atoms with Crippen molar-refractivity contribution >= 4 is 11.6 Å². The third-order valence-electron chi connectivity index (χ3n) is 2.43. The first kappa shape index (κ1) is 13.0. The van der Waals surface area contributed by atoms with Gasteiger partial charge in [-0.3, -0.25) is 4.79 Å². The summed E-state index contributed by atoms with van der Waals surface area (Å²) in [4.78, 5) is 11.8. The molecule has 17 heavy (non-hydrogen) atoms. The normalized spacial score (nSPS) is 11.6. The second kappa shape index (κ2) is 5.90. The van der Waals surface area contributed by atoms with Crippen LogP contribution in [-0.4, -0.2) is 11.9 Å². The molecule has 1 aromatic rings. The highest BCUT2D eigenvalue weighted by Crippen LogP contribution is 2.12. The molecule has 0 radical (unpaired) electrons. The SMILES string of the molecule is C#CCC(CC)NC(=O)c1ccc(N)cc1F. The zero-order valence-electron chi connectivity index (χ0n) is 9.66. The molecule has 0 saturated carbocycles. The molecular formula is C13H15FN2O. The van der Waals surface area contributed by atoms with Crippen LogP contribution in [0.2, 0.25) is 0 Å². The van der Waals surface area contributed by atoms with Crippen molar-refractivity contribution in [1.29, 1.82) is 0 Å². The Kier molecular flexibility index (Phi) is 4.53. The molecule has 0 heterocycles. The van der Waals surface area contributed by atoms with Crippen LogP contribution in [0.25, 0.3) is 0 Å². The molecule has 0 aliphatic rings. The number of hydrogen-bond donors (Lipinski definition) is 2. The Balaban J connectivity index is 2.79. The molecule has 1 aromatic carbocycles. The van der Waals surface area contributed by atoms with Crippen LogP contribution >= 0.6 is 0 Å². The van der Waals surface area contributed by atoms with Gasteiger partial charge in [0.25, 0.3) is 5.91 Å². The zero-order valence-corrected chi connectivity index (χ0v) is 9.66. The molecule has 0 aromatic heterocycles. The van der Waals surface area contributed by atoms with Crippen molar-refractivity contribution in [3.8, 4) is 12.3 Å². The predicted octanol–water partition coefficient (Wildman–Crippen LogP) is 1.94. The highest BCUT2D eigenvalue weighted by molar-refractivity contribution is 5.95. The number of nitrogens with two attached hydrogens (primary N) is 1. The molecule has 1 amide bonds. The summed E-state index contributed by atoms with van der Waals surface area (Å²) in [6.07, 6.45) is 6.31. The van der Waals surface area contributed by atoms with Crippen molar-refractivity contribution in [2.45, 2.75) is 25.8 Å². The number of halogens is 1. The summed E-state index contributed by atoms with van der Waals surface area (Å²) in [5.74, 6) is 1.38. The van der Waals surface area contributed by atoms with Gasteiger partial charge in [-0.15, -0.1) is 12.3 Å². The maximum Gasteiger partial charge on any atom is 0.254 e. The molecule has 0 fully saturated rings. The number of terminal acetylenes is 1. The Bertz CT molecular complexity index is 451. The average Bonchev–Trinajstić information content (AvgIpc) is 2.28. The van der Waals surface area contributed by atoms with Crippen molar-refractivity contribution in [2.75, 3.05) is 5.73 Å². The summed E-state index contributed by atoms with van der Waals surface area (Å²) in [5, 5.41) is 2.68. The van der Waals surface area contributed by atoms with E-state index in [1.54, 1.807) is 0 Å². The fraction of sp³-hybridized carbons (Fsp3) is 0.308. The minimum atomic E-state index is -0.627. The number of nitrogen functional groups attached to an aromatic ring is 1. The largest absolute Gasteiger partial charge is 0.399 e. The summed E-state index contributed by atoms with van der Waals surface area (Å²) in [7, 11) is 0. The van der Waals surface area contributed by atoms with Crippen molar-refractivity contribution in [3.05, 3.63) is 29.6 Å². The van der Waals surface area contributed by atoms with E-state index in [0.29, 0.717) is 12.8 Å². The van der Waals surface area contributed by atoms with Gasteiger partial charge in [0.1, 0.15) is 5.82 Å². The van der Waals surface area contributed by atoms with Crippen molar-refractivity contribution in [2.24, 2.45) is 0 Å². The van der Waals surface area contributed by atoms with Crippen LogP contribution in [0.5, 0.6) is 0 Å². The van der Waals surface area contributed by atoms with Gasteiger partial charge in [-0.05, 0) is 24.6 Å². The number of carbonyl (C=O) groups is 1. The van der Waals surface area contributed by atoms with Crippen molar-refractivity contribution in [3.63, 3.8) is 0 Å². The smallest absolute Gasteiger partial charge is 0.254 e. The highest BCUT2D eigenvalue weighted by Gasteiger charge is 2.15. The van der Waals surface area contributed by atoms with E-state index in [4.69, 9.17) is 12.2 Å². The van der Waals surface area contributed by atoms with E-state index in [2.05, 4.69) is 11.2 Å². The van der Waals surface area contributed by atoms with Crippen LogP contribution in [-0.2, 0) is 0 Å². The molecule has 90 valence electrons. The molecule has 0 spiro atoms. The van der Waals surface area contributed by atoms with Crippen LogP contribution in [0.15, 0.2) is 18.2 Å². The van der Waals surface area contributed by atoms with Crippen molar-refractivity contribution in [1.82, 2.24) is 5.32 Å². The van der Waals surface area contributed by atoms with E-state index in [1.807, 2.05) is 6.92 Å². The molecule has 0 bridgehead atoms. The number of benzene rings is 1. The molecular weight excluding hydrogens is 219 g/mol. The van der Waals surface area contributed by atoms with Crippen LogP contribution in [0.4, 0.5) is 10.1 Å². The lowest BCUT2D eigenvalue weighted by molar-refractivity contribution is 0.0932. The molecule has 3 nitrogen and oxygen atoms in total. The van der Waals surface area contributed by atoms with E-state index in [1.165, 1.54) is 12.1 Å². The Morgan fingerprint density at radius 3 is 2.88 bits per heavy atom. The maximum absolute atomic E-state index is 13.5. The molecule has 3 N–H and O–H groups in total. The van der Waals surface area contributed by atoms with Crippen molar-refractivity contribution < 1.29 is 9.18 Å². The predicted molar refractivity (Wildman–Crippen MR) is 65.8 cm³/mol. The fourth-order valence-corrected chi connectivity index (χ4v) is 1.42.